The molecule has 1 aromatic rings. The van der Waals surface area contributed by atoms with Crippen LogP contribution in [0.5, 0.6) is 0 Å². The molecule has 0 saturated carbocycles. The van der Waals surface area contributed by atoms with E-state index in [1.54, 1.807) is 17.8 Å². The number of aromatic nitrogens is 2. The Balaban J connectivity index is 3.10. The second-order valence-corrected chi connectivity index (χ2v) is 2.22. The fourth-order valence-corrected chi connectivity index (χ4v) is 0.697. The molecule has 0 atom stereocenters. The van der Waals surface area contributed by atoms with Gasteiger partial charge in [-0.15, -0.1) is 0 Å². The van der Waals surface area contributed by atoms with Crippen molar-refractivity contribution in [1.82, 2.24) is 9.78 Å². The Labute approximate surface area is 59.7 Å². The fourth-order valence-electron chi connectivity index (χ4n) is 0.697. The Hall–Kier alpha value is -1.12. The van der Waals surface area contributed by atoms with Crippen molar-refractivity contribution in [3.63, 3.8) is 0 Å². The number of ketones is 1. The zero-order chi connectivity index (χ0) is 7.72. The van der Waals surface area contributed by atoms with Gasteiger partial charge in [0.1, 0.15) is 5.69 Å². The summed E-state index contributed by atoms with van der Waals surface area (Å²) in [6.45, 7) is 5.14. The van der Waals surface area contributed by atoms with Gasteiger partial charge >= 0.3 is 0 Å². The predicted octanol–water partition coefficient (Wildman–Crippen LogP) is 0.745. The van der Waals surface area contributed by atoms with Crippen LogP contribution in [-0.2, 0) is 7.05 Å². The molecule has 0 bridgehead atoms. The van der Waals surface area contributed by atoms with Crippen LogP contribution in [0.2, 0.25) is 0 Å². The van der Waals surface area contributed by atoms with E-state index in [1.165, 1.54) is 0 Å². The summed E-state index contributed by atoms with van der Waals surface area (Å²) in [6, 6.07) is 1.72. The monoisotopic (exact) mass is 137 g/mol. The van der Waals surface area contributed by atoms with Gasteiger partial charge < -0.3 is 0 Å². The second kappa shape index (κ2) is 2.25. The molecule has 0 unspecified atom stereocenters. The SMILES string of the molecule is [CH2]C(=O)c1cc(C)n(C)n1. The van der Waals surface area contributed by atoms with Crippen molar-refractivity contribution >= 4 is 5.78 Å². The van der Waals surface area contributed by atoms with Crippen molar-refractivity contribution in [3.8, 4) is 0 Å². The summed E-state index contributed by atoms with van der Waals surface area (Å²) in [7, 11) is 1.79. The van der Waals surface area contributed by atoms with Gasteiger partial charge in [-0.3, -0.25) is 9.48 Å². The van der Waals surface area contributed by atoms with Gasteiger partial charge in [-0.1, -0.05) is 0 Å². The Bertz CT molecular complexity index is 243. The highest BCUT2D eigenvalue weighted by atomic mass is 16.1. The Kier molecular flexibility index (Phi) is 1.57. The number of hydrogen-bond acceptors (Lipinski definition) is 2. The van der Waals surface area contributed by atoms with Crippen molar-refractivity contribution in [2.24, 2.45) is 7.05 Å². The van der Waals surface area contributed by atoms with Crippen LogP contribution in [-0.4, -0.2) is 15.6 Å². The maximum atomic E-state index is 10.6. The van der Waals surface area contributed by atoms with Gasteiger partial charge in [0, 0.05) is 19.7 Å². The smallest absolute Gasteiger partial charge is 0.183 e. The normalized spacial score (nSPS) is 9.90. The zero-order valence-electron chi connectivity index (χ0n) is 6.09. The molecule has 53 valence electrons. The lowest BCUT2D eigenvalue weighted by atomic mass is 10.3. The van der Waals surface area contributed by atoms with E-state index in [4.69, 9.17) is 0 Å². The van der Waals surface area contributed by atoms with Gasteiger partial charge in [0.05, 0.1) is 0 Å². The highest BCUT2D eigenvalue weighted by Crippen LogP contribution is 2.00. The average molecular weight is 137 g/mol. The summed E-state index contributed by atoms with van der Waals surface area (Å²) in [4.78, 5) is 10.6. The highest BCUT2D eigenvalue weighted by Gasteiger charge is 2.04. The highest BCUT2D eigenvalue weighted by molar-refractivity contribution is 5.97. The first kappa shape index (κ1) is 6.99. The van der Waals surface area contributed by atoms with Crippen LogP contribution in [0.25, 0.3) is 0 Å². The van der Waals surface area contributed by atoms with Gasteiger partial charge in [0.25, 0.3) is 0 Å². The standard InChI is InChI=1S/C7H9N2O/c1-5-4-7(6(2)10)8-9(5)3/h4H,2H2,1,3H3. The molecule has 0 N–H and O–H groups in total. The molecule has 1 rings (SSSR count). The topological polar surface area (TPSA) is 34.9 Å². The molecule has 0 spiro atoms. The van der Waals surface area contributed by atoms with Crippen LogP contribution in [0, 0.1) is 13.8 Å². The largest absolute Gasteiger partial charge is 0.292 e. The number of Topliss-reactive ketones (excluding diaryl/α,β-unsaturated/α-hetero) is 1. The minimum atomic E-state index is -0.233. The van der Waals surface area contributed by atoms with Crippen molar-refractivity contribution in [2.75, 3.05) is 0 Å². The van der Waals surface area contributed by atoms with E-state index in [2.05, 4.69) is 12.0 Å². The minimum Gasteiger partial charge on any atom is -0.292 e. The number of aryl methyl sites for hydroxylation is 2. The van der Waals surface area contributed by atoms with Gasteiger partial charge in [-0.05, 0) is 13.0 Å². The van der Waals surface area contributed by atoms with Crippen LogP contribution < -0.4 is 0 Å². The zero-order valence-corrected chi connectivity index (χ0v) is 6.09. The summed E-state index contributed by atoms with van der Waals surface area (Å²) in [5, 5.41) is 3.91. The van der Waals surface area contributed by atoms with E-state index in [9.17, 15) is 4.79 Å². The van der Waals surface area contributed by atoms with Gasteiger partial charge in [-0.25, -0.2) is 0 Å². The Morgan fingerprint density at radius 2 is 2.40 bits per heavy atom. The van der Waals surface area contributed by atoms with Crippen molar-refractivity contribution in [3.05, 3.63) is 24.4 Å². The second-order valence-electron chi connectivity index (χ2n) is 2.22. The van der Waals surface area contributed by atoms with Crippen molar-refractivity contribution in [1.29, 1.82) is 0 Å². The Morgan fingerprint density at radius 1 is 1.80 bits per heavy atom. The van der Waals surface area contributed by atoms with Crippen LogP contribution in [0.3, 0.4) is 0 Å². The maximum absolute atomic E-state index is 10.6. The number of carbonyl (C=O) groups is 1. The molecular weight excluding hydrogens is 128 g/mol. The van der Waals surface area contributed by atoms with Crippen molar-refractivity contribution < 1.29 is 4.79 Å². The van der Waals surface area contributed by atoms with E-state index in [1.807, 2.05) is 6.92 Å². The van der Waals surface area contributed by atoms with Gasteiger partial charge in [0.2, 0.25) is 0 Å². The summed E-state index contributed by atoms with van der Waals surface area (Å²) in [5.74, 6) is -0.233. The molecule has 1 heterocycles. The Morgan fingerprint density at radius 3 is 2.60 bits per heavy atom. The minimum absolute atomic E-state index is 0.233. The van der Waals surface area contributed by atoms with E-state index >= 15 is 0 Å². The quantitative estimate of drug-likeness (QED) is 0.535. The third-order valence-electron chi connectivity index (χ3n) is 1.40. The van der Waals surface area contributed by atoms with Crippen LogP contribution in [0.4, 0.5) is 0 Å². The molecule has 0 amide bonds. The first-order chi connectivity index (χ1) is 4.61. The first-order valence-corrected chi connectivity index (χ1v) is 2.98. The number of rotatable bonds is 1. The number of nitrogens with zero attached hydrogens (tertiary/aromatic N) is 2. The van der Waals surface area contributed by atoms with Crippen LogP contribution >= 0.6 is 0 Å². The summed E-state index contributed by atoms with van der Waals surface area (Å²) < 4.78 is 1.65. The molecule has 0 aromatic carbocycles. The molecule has 3 heteroatoms. The molecule has 0 aliphatic heterocycles. The average Bonchev–Trinajstić information content (AvgIpc) is 2.13. The summed E-state index contributed by atoms with van der Waals surface area (Å²) >= 11 is 0. The lowest BCUT2D eigenvalue weighted by Gasteiger charge is -1.88. The first-order valence-electron chi connectivity index (χ1n) is 2.98. The fraction of sp³-hybridized carbons (Fsp3) is 0.286. The van der Waals surface area contributed by atoms with Gasteiger partial charge in [0.15, 0.2) is 5.78 Å². The molecule has 1 radical (unpaired) electrons. The predicted molar refractivity (Wildman–Crippen MR) is 37.6 cm³/mol. The molecule has 0 aliphatic carbocycles. The van der Waals surface area contributed by atoms with Crippen molar-refractivity contribution in [2.45, 2.75) is 6.92 Å². The third kappa shape index (κ3) is 1.07. The molecule has 0 fully saturated rings. The van der Waals surface area contributed by atoms with E-state index in [0.29, 0.717) is 5.69 Å². The molecular formula is C7H9N2O. The van der Waals surface area contributed by atoms with Crippen LogP contribution in [0.1, 0.15) is 16.2 Å². The van der Waals surface area contributed by atoms with E-state index in [-0.39, 0.29) is 5.78 Å². The number of hydrogen-bond donors (Lipinski definition) is 0. The molecule has 10 heavy (non-hydrogen) atoms. The molecule has 0 aliphatic rings. The summed E-state index contributed by atoms with van der Waals surface area (Å²) in [5.41, 5.74) is 1.40. The molecule has 1 aromatic heterocycles. The van der Waals surface area contributed by atoms with Gasteiger partial charge in [-0.2, -0.15) is 5.10 Å². The van der Waals surface area contributed by atoms with E-state index < -0.39 is 0 Å². The van der Waals surface area contributed by atoms with Crippen LogP contribution in [0.15, 0.2) is 6.07 Å². The molecule has 0 saturated heterocycles. The lowest BCUT2D eigenvalue weighted by molar-refractivity contribution is 0.103. The number of carbonyl (C=O) groups excluding carboxylic acids is 1. The van der Waals surface area contributed by atoms with E-state index in [0.717, 1.165) is 5.69 Å². The summed E-state index contributed by atoms with van der Waals surface area (Å²) in [6.07, 6.45) is 0. The third-order valence-corrected chi connectivity index (χ3v) is 1.40. The lowest BCUT2D eigenvalue weighted by Crippen LogP contribution is -1.96. The molecule has 3 nitrogen and oxygen atoms in total. The maximum Gasteiger partial charge on any atom is 0.183 e.